The number of nitrogens with two attached hydrogens (primary N) is 1. The van der Waals surface area contributed by atoms with Crippen LogP contribution >= 0.6 is 0 Å². The lowest BCUT2D eigenvalue weighted by molar-refractivity contribution is 0.208. The lowest BCUT2D eigenvalue weighted by atomic mass is 9.94. The predicted molar refractivity (Wildman–Crippen MR) is 54.6 cm³/mol. The topological polar surface area (TPSA) is 46.2 Å². The van der Waals surface area contributed by atoms with Crippen molar-refractivity contribution in [2.45, 2.75) is 25.8 Å². The highest BCUT2D eigenvalue weighted by Gasteiger charge is 2.17. The summed E-state index contributed by atoms with van der Waals surface area (Å²) in [5, 5.41) is 9.00. The van der Waals surface area contributed by atoms with Gasteiger partial charge in [0.1, 0.15) is 0 Å². The van der Waals surface area contributed by atoms with Crippen molar-refractivity contribution in [2.24, 2.45) is 5.73 Å². The highest BCUT2D eigenvalue weighted by Crippen LogP contribution is 2.11. The van der Waals surface area contributed by atoms with Gasteiger partial charge in [0.05, 0.1) is 6.61 Å². The average Bonchev–Trinajstić information content (AvgIpc) is 2.03. The third kappa shape index (κ3) is 3.17. The SMILES string of the molecule is Cc1cccc(CC(C)(N)CO)c1. The van der Waals surface area contributed by atoms with Gasteiger partial charge in [0, 0.05) is 5.54 Å². The molecule has 0 saturated carbocycles. The Hall–Kier alpha value is -0.860. The Labute approximate surface area is 79.4 Å². The van der Waals surface area contributed by atoms with Crippen molar-refractivity contribution in [3.8, 4) is 0 Å². The molecule has 0 aliphatic heterocycles. The van der Waals surface area contributed by atoms with Crippen molar-refractivity contribution in [3.63, 3.8) is 0 Å². The monoisotopic (exact) mass is 179 g/mol. The quantitative estimate of drug-likeness (QED) is 0.733. The maximum atomic E-state index is 9.00. The number of aliphatic hydroxyl groups excluding tert-OH is 1. The van der Waals surface area contributed by atoms with Gasteiger partial charge in [0.25, 0.3) is 0 Å². The largest absolute Gasteiger partial charge is 0.394 e. The molecule has 13 heavy (non-hydrogen) atoms. The number of rotatable bonds is 3. The fourth-order valence-corrected chi connectivity index (χ4v) is 1.34. The van der Waals surface area contributed by atoms with E-state index in [0.29, 0.717) is 6.42 Å². The van der Waals surface area contributed by atoms with E-state index < -0.39 is 5.54 Å². The first kappa shape index (κ1) is 10.2. The molecule has 3 N–H and O–H groups in total. The van der Waals surface area contributed by atoms with Crippen molar-refractivity contribution in [2.75, 3.05) is 6.61 Å². The predicted octanol–water partition coefficient (Wildman–Crippen LogP) is 1.25. The van der Waals surface area contributed by atoms with Crippen molar-refractivity contribution in [1.82, 2.24) is 0 Å². The van der Waals surface area contributed by atoms with E-state index in [4.69, 9.17) is 10.8 Å². The van der Waals surface area contributed by atoms with Crippen molar-refractivity contribution < 1.29 is 5.11 Å². The standard InChI is InChI=1S/C11H17NO/c1-9-4-3-5-10(6-9)7-11(2,12)8-13/h3-6,13H,7-8,12H2,1-2H3. The molecule has 72 valence electrons. The molecule has 0 aliphatic rings. The average molecular weight is 179 g/mol. The number of aliphatic hydroxyl groups is 1. The van der Waals surface area contributed by atoms with Crippen LogP contribution in [0.5, 0.6) is 0 Å². The van der Waals surface area contributed by atoms with Crippen molar-refractivity contribution in [1.29, 1.82) is 0 Å². The van der Waals surface area contributed by atoms with E-state index in [1.807, 2.05) is 19.1 Å². The van der Waals surface area contributed by atoms with Crippen LogP contribution in [0.3, 0.4) is 0 Å². The Balaban J connectivity index is 2.74. The summed E-state index contributed by atoms with van der Waals surface area (Å²) in [5.41, 5.74) is 7.75. The molecule has 2 nitrogen and oxygen atoms in total. The second kappa shape index (κ2) is 3.90. The van der Waals surface area contributed by atoms with E-state index in [9.17, 15) is 0 Å². The van der Waals surface area contributed by atoms with Gasteiger partial charge in [-0.2, -0.15) is 0 Å². The maximum Gasteiger partial charge on any atom is 0.0611 e. The molecule has 0 heterocycles. The summed E-state index contributed by atoms with van der Waals surface area (Å²) >= 11 is 0. The Morgan fingerprint density at radius 2 is 2.15 bits per heavy atom. The molecule has 1 atom stereocenters. The van der Waals surface area contributed by atoms with Gasteiger partial charge in [-0.25, -0.2) is 0 Å². The van der Waals surface area contributed by atoms with Crippen LogP contribution in [-0.2, 0) is 6.42 Å². The fraction of sp³-hybridized carbons (Fsp3) is 0.455. The highest BCUT2D eigenvalue weighted by molar-refractivity contribution is 5.23. The molecule has 0 bridgehead atoms. The molecule has 0 fully saturated rings. The molecule has 0 amide bonds. The van der Waals surface area contributed by atoms with Crippen molar-refractivity contribution in [3.05, 3.63) is 35.4 Å². The van der Waals surface area contributed by atoms with Gasteiger partial charge in [-0.05, 0) is 25.8 Å². The minimum Gasteiger partial charge on any atom is -0.394 e. The van der Waals surface area contributed by atoms with Gasteiger partial charge < -0.3 is 10.8 Å². The van der Waals surface area contributed by atoms with Crippen LogP contribution in [-0.4, -0.2) is 17.3 Å². The lowest BCUT2D eigenvalue weighted by Crippen LogP contribution is -2.42. The smallest absolute Gasteiger partial charge is 0.0611 e. The van der Waals surface area contributed by atoms with E-state index >= 15 is 0 Å². The van der Waals surface area contributed by atoms with Crippen LogP contribution < -0.4 is 5.73 Å². The summed E-state index contributed by atoms with van der Waals surface area (Å²) in [5.74, 6) is 0. The molecular formula is C11H17NO. The minimum atomic E-state index is -0.506. The van der Waals surface area contributed by atoms with Crippen LogP contribution in [0.2, 0.25) is 0 Å². The normalized spacial score (nSPS) is 15.4. The van der Waals surface area contributed by atoms with Gasteiger partial charge in [0.2, 0.25) is 0 Å². The summed E-state index contributed by atoms with van der Waals surface area (Å²) < 4.78 is 0. The van der Waals surface area contributed by atoms with Gasteiger partial charge in [-0.1, -0.05) is 29.8 Å². The van der Waals surface area contributed by atoms with E-state index in [2.05, 4.69) is 19.1 Å². The molecule has 0 aromatic heterocycles. The van der Waals surface area contributed by atoms with Gasteiger partial charge >= 0.3 is 0 Å². The highest BCUT2D eigenvalue weighted by atomic mass is 16.3. The molecule has 1 rings (SSSR count). The van der Waals surface area contributed by atoms with Crippen LogP contribution in [0, 0.1) is 6.92 Å². The summed E-state index contributed by atoms with van der Waals surface area (Å²) in [6.07, 6.45) is 0.713. The van der Waals surface area contributed by atoms with Crippen LogP contribution in [0.25, 0.3) is 0 Å². The Kier molecular flexibility index (Phi) is 3.07. The van der Waals surface area contributed by atoms with Crippen LogP contribution in [0.4, 0.5) is 0 Å². The summed E-state index contributed by atoms with van der Waals surface area (Å²) in [6.45, 7) is 3.92. The summed E-state index contributed by atoms with van der Waals surface area (Å²) in [4.78, 5) is 0. The third-order valence-electron chi connectivity index (χ3n) is 2.05. The molecule has 1 aromatic rings. The fourth-order valence-electron chi connectivity index (χ4n) is 1.34. The molecule has 0 aliphatic carbocycles. The zero-order chi connectivity index (χ0) is 9.90. The number of aryl methyl sites for hydroxylation is 1. The zero-order valence-corrected chi connectivity index (χ0v) is 8.25. The van der Waals surface area contributed by atoms with E-state index in [1.165, 1.54) is 11.1 Å². The molecular weight excluding hydrogens is 162 g/mol. The van der Waals surface area contributed by atoms with Crippen molar-refractivity contribution >= 4 is 0 Å². The zero-order valence-electron chi connectivity index (χ0n) is 8.25. The van der Waals surface area contributed by atoms with Gasteiger partial charge in [0.15, 0.2) is 0 Å². The first-order chi connectivity index (χ1) is 6.03. The maximum absolute atomic E-state index is 9.00. The Bertz CT molecular complexity index is 281. The molecule has 1 aromatic carbocycles. The lowest BCUT2D eigenvalue weighted by Gasteiger charge is -2.21. The Morgan fingerprint density at radius 3 is 2.69 bits per heavy atom. The van der Waals surface area contributed by atoms with E-state index in [1.54, 1.807) is 0 Å². The van der Waals surface area contributed by atoms with Crippen LogP contribution in [0.15, 0.2) is 24.3 Å². The number of hydrogen-bond donors (Lipinski definition) is 2. The molecule has 1 unspecified atom stereocenters. The summed E-state index contributed by atoms with van der Waals surface area (Å²) in [7, 11) is 0. The van der Waals surface area contributed by atoms with Gasteiger partial charge in [-0.15, -0.1) is 0 Å². The Morgan fingerprint density at radius 1 is 1.46 bits per heavy atom. The van der Waals surface area contributed by atoms with Gasteiger partial charge in [-0.3, -0.25) is 0 Å². The molecule has 2 heteroatoms. The van der Waals surface area contributed by atoms with Crippen LogP contribution in [0.1, 0.15) is 18.1 Å². The molecule has 0 radical (unpaired) electrons. The molecule has 0 spiro atoms. The first-order valence-corrected chi connectivity index (χ1v) is 4.49. The second-order valence-corrected chi connectivity index (χ2v) is 3.98. The van der Waals surface area contributed by atoms with E-state index in [0.717, 1.165) is 0 Å². The number of benzene rings is 1. The third-order valence-corrected chi connectivity index (χ3v) is 2.05. The second-order valence-electron chi connectivity index (χ2n) is 3.98. The van der Waals surface area contributed by atoms with E-state index in [-0.39, 0.29) is 6.61 Å². The first-order valence-electron chi connectivity index (χ1n) is 4.49. The molecule has 0 saturated heterocycles. The minimum absolute atomic E-state index is 0.0148. The summed E-state index contributed by atoms with van der Waals surface area (Å²) in [6, 6.07) is 8.20. The number of hydrogen-bond acceptors (Lipinski definition) is 2.